The van der Waals surface area contributed by atoms with E-state index in [-0.39, 0.29) is 54.4 Å². The van der Waals surface area contributed by atoms with E-state index >= 15 is 0 Å². The van der Waals surface area contributed by atoms with Gasteiger partial charge in [-0.3, -0.25) is 24.1 Å². The van der Waals surface area contributed by atoms with Crippen molar-refractivity contribution in [1.82, 2.24) is 15.0 Å². The lowest BCUT2D eigenvalue weighted by Crippen LogP contribution is -2.44. The highest BCUT2D eigenvalue weighted by molar-refractivity contribution is 6.08. The van der Waals surface area contributed by atoms with Crippen molar-refractivity contribution >= 4 is 29.4 Å². The van der Waals surface area contributed by atoms with Crippen LogP contribution in [-0.2, 0) is 19.2 Å². The number of nitrogens with zero attached hydrogens (tertiary/aromatic N) is 3. The molecule has 2 heterocycles. The second-order valence-corrected chi connectivity index (χ2v) is 7.38. The van der Waals surface area contributed by atoms with Gasteiger partial charge in [-0.2, -0.15) is 0 Å². The first-order valence-corrected chi connectivity index (χ1v) is 8.86. The van der Waals surface area contributed by atoms with Gasteiger partial charge in [-0.25, -0.2) is 0 Å². The molecule has 9 nitrogen and oxygen atoms in total. The Morgan fingerprint density at radius 2 is 1.89 bits per heavy atom. The van der Waals surface area contributed by atoms with Crippen molar-refractivity contribution in [2.45, 2.75) is 13.3 Å². The lowest BCUT2D eigenvalue weighted by atomic mass is 9.85. The molecule has 1 aromatic rings. The van der Waals surface area contributed by atoms with Gasteiger partial charge in [0.15, 0.2) is 5.82 Å². The summed E-state index contributed by atoms with van der Waals surface area (Å²) in [4.78, 5) is 51.9. The van der Waals surface area contributed by atoms with Crippen LogP contribution in [0.15, 0.2) is 22.7 Å². The second kappa shape index (κ2) is 6.33. The normalized spacial score (nSPS) is 28.0. The molecule has 1 saturated carbocycles. The number of aromatic nitrogens is 1. The smallest absolute Gasteiger partial charge is 0.245 e. The first-order chi connectivity index (χ1) is 12.8. The van der Waals surface area contributed by atoms with Gasteiger partial charge in [0.1, 0.15) is 12.3 Å². The molecular weight excluding hydrogens is 352 g/mol. The van der Waals surface area contributed by atoms with Gasteiger partial charge < -0.3 is 14.7 Å². The molecule has 4 atom stereocenters. The topological polar surface area (TPSA) is 113 Å². The van der Waals surface area contributed by atoms with E-state index in [1.807, 2.05) is 12.2 Å². The van der Waals surface area contributed by atoms with Crippen molar-refractivity contribution in [1.29, 1.82) is 0 Å². The van der Waals surface area contributed by atoms with Crippen LogP contribution in [0.4, 0.5) is 5.82 Å². The molecule has 2 fully saturated rings. The number of carbonyl (C=O) groups is 4. The van der Waals surface area contributed by atoms with E-state index in [1.54, 1.807) is 13.0 Å². The maximum absolute atomic E-state index is 12.6. The summed E-state index contributed by atoms with van der Waals surface area (Å²) in [6, 6.07) is 1.56. The molecule has 3 aliphatic rings. The quantitative estimate of drug-likeness (QED) is 0.583. The highest BCUT2D eigenvalue weighted by atomic mass is 16.5. The second-order valence-electron chi connectivity index (χ2n) is 7.38. The highest BCUT2D eigenvalue weighted by Gasteiger charge is 2.59. The molecule has 1 N–H and O–H groups in total. The Labute approximate surface area is 155 Å². The standard InChI is InChI=1S/C18H20N4O5/c1-9-5-12(20-27-9)19-13(23)7-21(2)14(24)8-22-17(25)15-10-3-4-11(6-10)16(15)18(22)26/h3-5,10-11,15-16H,6-8H2,1-2H3,(H,19,20,23). The number of aryl methyl sites for hydroxylation is 1. The maximum atomic E-state index is 12.6. The summed E-state index contributed by atoms with van der Waals surface area (Å²) < 4.78 is 4.86. The van der Waals surface area contributed by atoms with E-state index in [9.17, 15) is 19.2 Å². The third kappa shape index (κ3) is 2.92. The summed E-state index contributed by atoms with van der Waals surface area (Å²) >= 11 is 0. The van der Waals surface area contributed by atoms with Crippen molar-refractivity contribution in [3.63, 3.8) is 0 Å². The Balaban J connectivity index is 1.34. The van der Waals surface area contributed by atoms with Crippen molar-refractivity contribution in [2.75, 3.05) is 25.5 Å². The van der Waals surface area contributed by atoms with Gasteiger partial charge in [0.25, 0.3) is 0 Å². The van der Waals surface area contributed by atoms with Crippen LogP contribution >= 0.6 is 0 Å². The third-order valence-electron chi connectivity index (χ3n) is 5.56. The van der Waals surface area contributed by atoms with Gasteiger partial charge in [-0.1, -0.05) is 17.3 Å². The SMILES string of the molecule is Cc1cc(NC(=O)CN(C)C(=O)CN2C(=O)C3C4C=CC(C4)C3C2=O)no1. The van der Waals surface area contributed by atoms with E-state index in [0.29, 0.717) is 5.76 Å². The maximum Gasteiger partial charge on any atom is 0.245 e. The molecule has 1 aromatic heterocycles. The number of anilines is 1. The fourth-order valence-electron chi connectivity index (χ4n) is 4.29. The number of allylic oxidation sites excluding steroid dienone is 2. The van der Waals surface area contributed by atoms with Crippen LogP contribution in [0.2, 0.25) is 0 Å². The summed E-state index contributed by atoms with van der Waals surface area (Å²) in [5, 5.41) is 6.17. The van der Waals surface area contributed by atoms with E-state index in [2.05, 4.69) is 10.5 Å². The number of carbonyl (C=O) groups excluding carboxylic acids is 4. The molecule has 0 aromatic carbocycles. The van der Waals surface area contributed by atoms with E-state index in [4.69, 9.17) is 4.52 Å². The highest BCUT2D eigenvalue weighted by Crippen LogP contribution is 2.52. The zero-order valence-electron chi connectivity index (χ0n) is 15.0. The van der Waals surface area contributed by atoms with Gasteiger partial charge in [0, 0.05) is 13.1 Å². The average molecular weight is 372 g/mol. The Morgan fingerprint density at radius 1 is 1.26 bits per heavy atom. The summed E-state index contributed by atoms with van der Waals surface area (Å²) in [5.41, 5.74) is 0. The summed E-state index contributed by atoms with van der Waals surface area (Å²) in [7, 11) is 1.45. The first kappa shape index (κ1) is 17.4. The van der Waals surface area contributed by atoms with E-state index in [1.165, 1.54) is 11.9 Å². The lowest BCUT2D eigenvalue weighted by Gasteiger charge is -2.21. The molecule has 4 amide bonds. The van der Waals surface area contributed by atoms with Crippen LogP contribution in [-0.4, -0.2) is 58.7 Å². The molecule has 9 heteroatoms. The molecule has 4 unspecified atom stereocenters. The van der Waals surface area contributed by atoms with Crippen molar-refractivity contribution < 1.29 is 23.7 Å². The minimum absolute atomic E-state index is 0.103. The zero-order valence-corrected chi connectivity index (χ0v) is 15.0. The molecule has 4 rings (SSSR count). The monoisotopic (exact) mass is 372 g/mol. The number of hydrogen-bond donors (Lipinski definition) is 1. The van der Waals surface area contributed by atoms with Gasteiger partial charge in [-0.15, -0.1) is 0 Å². The number of hydrogen-bond acceptors (Lipinski definition) is 6. The molecular formula is C18H20N4O5. The van der Waals surface area contributed by atoms with Crippen LogP contribution in [0.5, 0.6) is 0 Å². The van der Waals surface area contributed by atoms with Gasteiger partial charge in [-0.05, 0) is 25.2 Å². The zero-order chi connectivity index (χ0) is 19.3. The Morgan fingerprint density at radius 3 is 2.44 bits per heavy atom. The van der Waals surface area contributed by atoms with Gasteiger partial charge >= 0.3 is 0 Å². The molecule has 1 saturated heterocycles. The van der Waals surface area contributed by atoms with Crippen LogP contribution in [0.3, 0.4) is 0 Å². The van der Waals surface area contributed by atoms with Crippen LogP contribution < -0.4 is 5.32 Å². The largest absolute Gasteiger partial charge is 0.360 e. The van der Waals surface area contributed by atoms with Crippen LogP contribution in [0.25, 0.3) is 0 Å². The van der Waals surface area contributed by atoms with Gasteiger partial charge in [0.05, 0.1) is 18.4 Å². The molecule has 0 spiro atoms. The number of likely N-dealkylation sites (N-methyl/N-ethyl adjacent to an activating group) is 1. The predicted octanol–water partition coefficient (Wildman–Crippen LogP) is 0.187. The van der Waals surface area contributed by atoms with Crippen LogP contribution in [0, 0.1) is 30.6 Å². The average Bonchev–Trinajstić information content (AvgIpc) is 3.36. The van der Waals surface area contributed by atoms with Crippen molar-refractivity contribution in [2.24, 2.45) is 23.7 Å². The fourth-order valence-corrected chi connectivity index (χ4v) is 4.29. The fraction of sp³-hybridized carbons (Fsp3) is 0.500. The number of amides is 4. The molecule has 2 aliphatic carbocycles. The van der Waals surface area contributed by atoms with E-state index < -0.39 is 11.8 Å². The minimum atomic E-state index is -0.469. The van der Waals surface area contributed by atoms with E-state index in [0.717, 1.165) is 11.3 Å². The first-order valence-electron chi connectivity index (χ1n) is 8.86. The number of rotatable bonds is 5. The number of fused-ring (bicyclic) bond motifs is 5. The summed E-state index contributed by atoms with van der Waals surface area (Å²) in [5.74, 6) is -1.10. The number of likely N-dealkylation sites (tertiary alicyclic amines) is 1. The van der Waals surface area contributed by atoms with Crippen molar-refractivity contribution in [3.8, 4) is 0 Å². The number of nitrogens with one attached hydrogen (secondary N) is 1. The molecule has 1 aliphatic heterocycles. The van der Waals surface area contributed by atoms with Gasteiger partial charge in [0.2, 0.25) is 23.6 Å². The third-order valence-corrected chi connectivity index (χ3v) is 5.56. The molecule has 0 radical (unpaired) electrons. The lowest BCUT2D eigenvalue weighted by molar-refractivity contribution is -0.147. The minimum Gasteiger partial charge on any atom is -0.360 e. The summed E-state index contributed by atoms with van der Waals surface area (Å²) in [6.07, 6.45) is 4.85. The Bertz CT molecular complexity index is 830. The summed E-state index contributed by atoms with van der Waals surface area (Å²) in [6.45, 7) is 1.14. The van der Waals surface area contributed by atoms with Crippen LogP contribution in [0.1, 0.15) is 12.2 Å². The molecule has 27 heavy (non-hydrogen) atoms. The molecule has 142 valence electrons. The number of imide groups is 1. The predicted molar refractivity (Wildman–Crippen MR) is 91.9 cm³/mol. The van der Waals surface area contributed by atoms with Crippen molar-refractivity contribution in [3.05, 3.63) is 24.0 Å². The molecule has 2 bridgehead atoms. The Hall–Kier alpha value is -2.97. The Kier molecular flexibility index (Phi) is 4.09.